The van der Waals surface area contributed by atoms with Crippen molar-refractivity contribution in [1.29, 1.82) is 0 Å². The number of para-hydroxylation sites is 2. The number of hydrogen-bond donors (Lipinski definition) is 1. The number of hydrogen-bond acceptors (Lipinski definition) is 8. The van der Waals surface area contributed by atoms with Crippen LogP contribution in [0.5, 0.6) is 17.2 Å². The number of nitrogens with zero attached hydrogens (tertiary/aromatic N) is 2. The Morgan fingerprint density at radius 1 is 1.18 bits per heavy atom. The Hall–Kier alpha value is -3.20. The molecule has 0 radical (unpaired) electrons. The molecule has 1 aromatic heterocycles. The molecule has 0 aliphatic carbocycles. The third-order valence-electron chi connectivity index (χ3n) is 4.04. The first-order valence-corrected chi connectivity index (χ1v) is 9.36. The van der Waals surface area contributed by atoms with E-state index in [1.807, 2.05) is 18.2 Å². The average Bonchev–Trinajstić information content (AvgIpc) is 3.37. The van der Waals surface area contributed by atoms with Crippen molar-refractivity contribution in [2.45, 2.75) is 17.4 Å². The molecule has 0 fully saturated rings. The molecule has 8 nitrogen and oxygen atoms in total. The number of nitrogens with one attached hydrogen (secondary N) is 1. The highest BCUT2D eigenvalue weighted by Crippen LogP contribution is 2.36. The largest absolute Gasteiger partial charge is 0.495 e. The summed E-state index contributed by atoms with van der Waals surface area (Å²) in [5.74, 6) is 2.06. The van der Waals surface area contributed by atoms with Crippen LogP contribution in [0.15, 0.2) is 52.1 Å². The fourth-order valence-electron chi connectivity index (χ4n) is 2.59. The van der Waals surface area contributed by atoms with E-state index < -0.39 is 5.25 Å². The second kappa shape index (κ2) is 7.81. The van der Waals surface area contributed by atoms with Crippen LogP contribution in [0.2, 0.25) is 0 Å². The van der Waals surface area contributed by atoms with Gasteiger partial charge in [-0.05, 0) is 37.3 Å². The molecule has 0 bridgehead atoms. The molecule has 2 heterocycles. The summed E-state index contributed by atoms with van der Waals surface area (Å²) in [6.07, 6.45) is 0. The molecule has 0 saturated carbocycles. The number of ether oxygens (including phenoxy) is 3. The van der Waals surface area contributed by atoms with Crippen molar-refractivity contribution >= 4 is 23.4 Å². The highest BCUT2D eigenvalue weighted by atomic mass is 32.2. The van der Waals surface area contributed by atoms with Crippen LogP contribution in [0, 0.1) is 0 Å². The molecule has 1 atom stereocenters. The van der Waals surface area contributed by atoms with Crippen molar-refractivity contribution in [2.75, 3.05) is 19.2 Å². The van der Waals surface area contributed by atoms with Crippen LogP contribution in [-0.2, 0) is 4.79 Å². The number of rotatable bonds is 6. The van der Waals surface area contributed by atoms with Crippen LogP contribution in [-0.4, -0.2) is 35.3 Å². The summed E-state index contributed by atoms with van der Waals surface area (Å²) < 4.78 is 21.6. The maximum Gasteiger partial charge on any atom is 0.277 e. The van der Waals surface area contributed by atoms with E-state index in [0.717, 1.165) is 5.56 Å². The van der Waals surface area contributed by atoms with Gasteiger partial charge in [0.05, 0.1) is 18.0 Å². The van der Waals surface area contributed by atoms with Gasteiger partial charge in [-0.25, -0.2) is 0 Å². The summed E-state index contributed by atoms with van der Waals surface area (Å²) in [5.41, 5.74) is 1.32. The number of carbonyl (C=O) groups excluding carboxylic acids is 1. The highest BCUT2D eigenvalue weighted by Gasteiger charge is 2.21. The molecule has 28 heavy (non-hydrogen) atoms. The molecule has 2 aromatic carbocycles. The van der Waals surface area contributed by atoms with Gasteiger partial charge >= 0.3 is 0 Å². The Labute approximate surface area is 165 Å². The molecule has 9 heteroatoms. The normalized spacial score (nSPS) is 13.2. The minimum Gasteiger partial charge on any atom is -0.495 e. The van der Waals surface area contributed by atoms with Gasteiger partial charge in [-0.15, -0.1) is 10.2 Å². The fraction of sp³-hybridized carbons (Fsp3) is 0.211. The van der Waals surface area contributed by atoms with E-state index in [-0.39, 0.29) is 12.7 Å². The molecule has 144 valence electrons. The molecular formula is C19H17N3O5S. The minimum atomic E-state index is -0.449. The fourth-order valence-corrected chi connectivity index (χ4v) is 3.27. The number of amides is 1. The predicted octanol–water partition coefficient (Wildman–Crippen LogP) is 3.59. The number of aromatic nitrogens is 2. The molecule has 1 aliphatic heterocycles. The van der Waals surface area contributed by atoms with E-state index in [4.69, 9.17) is 18.6 Å². The Balaban J connectivity index is 1.42. The molecule has 0 saturated heterocycles. The van der Waals surface area contributed by atoms with Crippen LogP contribution in [0.4, 0.5) is 5.69 Å². The summed E-state index contributed by atoms with van der Waals surface area (Å²) >= 11 is 1.18. The molecule has 1 aliphatic rings. The lowest BCUT2D eigenvalue weighted by Gasteiger charge is -2.12. The standard InChI is InChI=1S/C19H17N3O5S/c1-11(17(23)20-13-5-3-4-6-14(13)24-2)28-19-22-21-18(27-19)12-7-8-15-16(9-12)26-10-25-15/h3-9,11H,10H2,1-2H3,(H,20,23). The van der Waals surface area contributed by atoms with Crippen molar-refractivity contribution in [1.82, 2.24) is 10.2 Å². The van der Waals surface area contributed by atoms with Gasteiger partial charge in [-0.3, -0.25) is 4.79 Å². The summed E-state index contributed by atoms with van der Waals surface area (Å²) in [6, 6.07) is 12.6. The molecule has 0 spiro atoms. The maximum atomic E-state index is 12.5. The van der Waals surface area contributed by atoms with Crippen molar-refractivity contribution < 1.29 is 23.4 Å². The first kappa shape index (κ1) is 18.2. The van der Waals surface area contributed by atoms with Gasteiger partial charge in [0.2, 0.25) is 18.6 Å². The smallest absolute Gasteiger partial charge is 0.277 e. The quantitative estimate of drug-likeness (QED) is 0.628. The molecule has 3 aromatic rings. The zero-order valence-electron chi connectivity index (χ0n) is 15.2. The first-order chi connectivity index (χ1) is 13.6. The summed E-state index contributed by atoms with van der Waals surface area (Å²) in [6.45, 7) is 1.96. The number of carbonyl (C=O) groups is 1. The summed E-state index contributed by atoms with van der Waals surface area (Å²) in [4.78, 5) is 12.5. The van der Waals surface area contributed by atoms with Crippen LogP contribution in [0.1, 0.15) is 6.92 Å². The van der Waals surface area contributed by atoms with E-state index in [0.29, 0.717) is 34.0 Å². The Kier molecular flexibility index (Phi) is 5.07. The lowest BCUT2D eigenvalue weighted by molar-refractivity contribution is -0.115. The van der Waals surface area contributed by atoms with Crippen LogP contribution in [0.3, 0.4) is 0 Å². The van der Waals surface area contributed by atoms with Crippen molar-refractivity contribution in [2.24, 2.45) is 0 Å². The van der Waals surface area contributed by atoms with Gasteiger partial charge in [0.25, 0.3) is 5.22 Å². The zero-order valence-corrected chi connectivity index (χ0v) is 16.0. The molecular weight excluding hydrogens is 382 g/mol. The minimum absolute atomic E-state index is 0.197. The third-order valence-corrected chi connectivity index (χ3v) is 4.97. The first-order valence-electron chi connectivity index (χ1n) is 8.48. The van der Waals surface area contributed by atoms with Gasteiger partial charge in [0.15, 0.2) is 11.5 Å². The summed E-state index contributed by atoms with van der Waals surface area (Å²) in [7, 11) is 1.55. The van der Waals surface area contributed by atoms with E-state index in [9.17, 15) is 4.79 Å². The van der Waals surface area contributed by atoms with Crippen molar-refractivity contribution in [3.63, 3.8) is 0 Å². The Morgan fingerprint density at radius 2 is 2.00 bits per heavy atom. The van der Waals surface area contributed by atoms with Crippen molar-refractivity contribution in [3.8, 4) is 28.7 Å². The molecule has 1 unspecified atom stereocenters. The average molecular weight is 399 g/mol. The van der Waals surface area contributed by atoms with Crippen molar-refractivity contribution in [3.05, 3.63) is 42.5 Å². The maximum absolute atomic E-state index is 12.5. The molecule has 1 amide bonds. The number of anilines is 1. The Bertz CT molecular complexity index is 1010. The van der Waals surface area contributed by atoms with E-state index in [2.05, 4.69) is 15.5 Å². The topological polar surface area (TPSA) is 95.7 Å². The third kappa shape index (κ3) is 3.74. The predicted molar refractivity (Wildman–Crippen MR) is 103 cm³/mol. The highest BCUT2D eigenvalue weighted by molar-refractivity contribution is 8.00. The Morgan fingerprint density at radius 3 is 2.86 bits per heavy atom. The molecule has 1 N–H and O–H groups in total. The van der Waals surface area contributed by atoms with Gasteiger partial charge in [0.1, 0.15) is 5.75 Å². The van der Waals surface area contributed by atoms with Gasteiger partial charge < -0.3 is 23.9 Å². The number of benzene rings is 2. The molecule has 4 rings (SSSR count). The lowest BCUT2D eigenvalue weighted by atomic mass is 10.2. The van der Waals surface area contributed by atoms with Gasteiger partial charge in [-0.2, -0.15) is 0 Å². The van der Waals surface area contributed by atoms with E-state index >= 15 is 0 Å². The lowest BCUT2D eigenvalue weighted by Crippen LogP contribution is -2.22. The number of fused-ring (bicyclic) bond motifs is 1. The number of thioether (sulfide) groups is 1. The van der Waals surface area contributed by atoms with Crippen LogP contribution >= 0.6 is 11.8 Å². The number of methoxy groups -OCH3 is 1. The van der Waals surface area contributed by atoms with E-state index in [1.165, 1.54) is 11.8 Å². The van der Waals surface area contributed by atoms with Crippen LogP contribution < -0.4 is 19.5 Å². The van der Waals surface area contributed by atoms with Gasteiger partial charge in [0, 0.05) is 5.56 Å². The zero-order chi connectivity index (χ0) is 19.5. The SMILES string of the molecule is COc1ccccc1NC(=O)C(C)Sc1nnc(-c2ccc3c(c2)OCO3)o1. The van der Waals surface area contributed by atoms with Crippen LogP contribution in [0.25, 0.3) is 11.5 Å². The van der Waals surface area contributed by atoms with E-state index in [1.54, 1.807) is 38.3 Å². The second-order valence-electron chi connectivity index (χ2n) is 5.89. The monoisotopic (exact) mass is 399 g/mol. The second-order valence-corrected chi connectivity index (χ2v) is 7.18. The summed E-state index contributed by atoms with van der Waals surface area (Å²) in [5, 5.41) is 10.8. The van der Waals surface area contributed by atoms with Gasteiger partial charge in [-0.1, -0.05) is 23.9 Å².